The van der Waals surface area contributed by atoms with Gasteiger partial charge in [-0.2, -0.15) is 0 Å². The first-order chi connectivity index (χ1) is 16.4. The van der Waals surface area contributed by atoms with Crippen LogP contribution in [0.25, 0.3) is 11.1 Å². The van der Waals surface area contributed by atoms with E-state index in [-0.39, 0.29) is 32.0 Å². The average molecular weight is 467 g/mol. The van der Waals surface area contributed by atoms with Gasteiger partial charge in [0.25, 0.3) is 0 Å². The molecule has 2 aromatic carbocycles. The quantitative estimate of drug-likeness (QED) is 0.437. The minimum absolute atomic E-state index is 0.0405. The number of aliphatic carboxylic acids is 1. The standard InChI is InChI=1S/C26H30N2O6/c1-4-10-22(23(29)30)27-24(31)26(5-2,16-33-3)28-25(32)34-15-21-19-13-8-6-11-17(19)18-12-7-9-14-20(18)21/h4,6-9,11-14,21-22H,1,5,10,15-16H2,2-3H3,(H,27,31)(H,28,32)(H,29,30). The van der Waals surface area contributed by atoms with Gasteiger partial charge >= 0.3 is 12.1 Å². The Morgan fingerprint density at radius 2 is 1.71 bits per heavy atom. The second-order valence-corrected chi connectivity index (χ2v) is 8.21. The number of methoxy groups -OCH3 is 1. The Kier molecular flexibility index (Phi) is 8.07. The lowest BCUT2D eigenvalue weighted by molar-refractivity contribution is -0.143. The molecule has 0 saturated heterocycles. The first-order valence-electron chi connectivity index (χ1n) is 11.1. The third-order valence-electron chi connectivity index (χ3n) is 6.12. The van der Waals surface area contributed by atoms with Crippen molar-refractivity contribution >= 4 is 18.0 Å². The monoisotopic (exact) mass is 466 g/mol. The molecule has 2 aromatic rings. The van der Waals surface area contributed by atoms with E-state index in [9.17, 15) is 19.5 Å². The Labute approximate surface area is 199 Å². The molecular weight excluding hydrogens is 436 g/mol. The molecule has 2 amide bonds. The van der Waals surface area contributed by atoms with Gasteiger partial charge in [0, 0.05) is 13.0 Å². The van der Waals surface area contributed by atoms with Crippen molar-refractivity contribution in [1.82, 2.24) is 10.6 Å². The Balaban J connectivity index is 1.74. The van der Waals surface area contributed by atoms with Crippen LogP contribution in [0.5, 0.6) is 0 Å². The molecule has 0 radical (unpaired) electrons. The van der Waals surface area contributed by atoms with Gasteiger partial charge in [-0.25, -0.2) is 9.59 Å². The van der Waals surface area contributed by atoms with Crippen LogP contribution in [-0.2, 0) is 19.1 Å². The van der Waals surface area contributed by atoms with Gasteiger partial charge < -0.3 is 25.2 Å². The van der Waals surface area contributed by atoms with Crippen molar-refractivity contribution in [3.63, 3.8) is 0 Å². The van der Waals surface area contributed by atoms with Gasteiger partial charge in [0.1, 0.15) is 18.2 Å². The number of hydrogen-bond acceptors (Lipinski definition) is 5. The molecule has 8 heteroatoms. The minimum atomic E-state index is -1.49. The number of nitrogens with one attached hydrogen (secondary N) is 2. The number of carbonyl (C=O) groups excluding carboxylic acids is 2. The zero-order chi connectivity index (χ0) is 24.7. The molecule has 3 rings (SSSR count). The molecule has 0 aliphatic heterocycles. The summed E-state index contributed by atoms with van der Waals surface area (Å²) in [6, 6.07) is 14.8. The molecule has 0 fully saturated rings. The van der Waals surface area contributed by atoms with Gasteiger partial charge in [-0.05, 0) is 35.1 Å². The highest BCUT2D eigenvalue weighted by atomic mass is 16.5. The maximum Gasteiger partial charge on any atom is 0.408 e. The van der Waals surface area contributed by atoms with Crippen LogP contribution in [0.2, 0.25) is 0 Å². The molecule has 8 nitrogen and oxygen atoms in total. The summed E-state index contributed by atoms with van der Waals surface area (Å²) >= 11 is 0. The third kappa shape index (κ3) is 5.12. The van der Waals surface area contributed by atoms with Crippen molar-refractivity contribution < 1.29 is 29.0 Å². The van der Waals surface area contributed by atoms with Crippen LogP contribution in [0.4, 0.5) is 4.79 Å². The molecule has 34 heavy (non-hydrogen) atoms. The first-order valence-corrected chi connectivity index (χ1v) is 11.1. The van der Waals surface area contributed by atoms with E-state index >= 15 is 0 Å². The van der Waals surface area contributed by atoms with Gasteiger partial charge in [-0.15, -0.1) is 6.58 Å². The van der Waals surface area contributed by atoms with Gasteiger partial charge in [0.15, 0.2) is 0 Å². The smallest absolute Gasteiger partial charge is 0.408 e. The molecule has 0 aromatic heterocycles. The Morgan fingerprint density at radius 1 is 1.12 bits per heavy atom. The summed E-state index contributed by atoms with van der Waals surface area (Å²) in [7, 11) is 1.40. The molecule has 1 aliphatic rings. The summed E-state index contributed by atoms with van der Waals surface area (Å²) in [5.41, 5.74) is 2.86. The normalized spacial score (nSPS) is 14.8. The summed E-state index contributed by atoms with van der Waals surface area (Å²) in [5.74, 6) is -1.99. The van der Waals surface area contributed by atoms with E-state index in [4.69, 9.17) is 9.47 Å². The van der Waals surface area contributed by atoms with Crippen molar-refractivity contribution in [1.29, 1.82) is 0 Å². The highest BCUT2D eigenvalue weighted by Crippen LogP contribution is 2.44. The highest BCUT2D eigenvalue weighted by Gasteiger charge is 2.41. The second-order valence-electron chi connectivity index (χ2n) is 8.21. The topological polar surface area (TPSA) is 114 Å². The highest BCUT2D eigenvalue weighted by molar-refractivity contribution is 5.93. The Bertz CT molecular complexity index is 1020. The first kappa shape index (κ1) is 25.0. The number of fused-ring (bicyclic) bond motifs is 3. The molecule has 180 valence electrons. The predicted octanol–water partition coefficient (Wildman–Crippen LogP) is 3.47. The van der Waals surface area contributed by atoms with Crippen molar-refractivity contribution in [2.45, 2.75) is 37.3 Å². The average Bonchev–Trinajstić information content (AvgIpc) is 3.15. The number of rotatable bonds is 11. The van der Waals surface area contributed by atoms with E-state index in [1.165, 1.54) is 13.2 Å². The molecule has 0 bridgehead atoms. The number of carboxylic acid groups (broad SMARTS) is 1. The molecule has 2 unspecified atom stereocenters. The number of carbonyl (C=O) groups is 3. The summed E-state index contributed by atoms with van der Waals surface area (Å²) in [4.78, 5) is 37.3. The molecule has 3 N–H and O–H groups in total. The molecule has 0 saturated carbocycles. The Hall–Kier alpha value is -3.65. The number of hydrogen-bond donors (Lipinski definition) is 3. The lowest BCUT2D eigenvalue weighted by Gasteiger charge is -2.32. The van der Waals surface area contributed by atoms with E-state index < -0.39 is 29.6 Å². The number of carboxylic acids is 1. The fraction of sp³-hybridized carbons (Fsp3) is 0.346. The number of alkyl carbamates (subject to hydrolysis) is 1. The van der Waals surface area contributed by atoms with Gasteiger partial charge in [0.05, 0.1) is 6.61 Å². The third-order valence-corrected chi connectivity index (χ3v) is 6.12. The molecule has 1 aliphatic carbocycles. The molecule has 0 spiro atoms. The second kappa shape index (κ2) is 11.0. The van der Waals surface area contributed by atoms with Gasteiger partial charge in [-0.1, -0.05) is 61.5 Å². The molecular formula is C26H30N2O6. The van der Waals surface area contributed by atoms with Crippen LogP contribution in [0.15, 0.2) is 61.2 Å². The minimum Gasteiger partial charge on any atom is -0.480 e. The summed E-state index contributed by atoms with van der Waals surface area (Å²) in [6.45, 7) is 5.16. The van der Waals surface area contributed by atoms with Crippen LogP contribution < -0.4 is 10.6 Å². The van der Waals surface area contributed by atoms with Crippen molar-refractivity contribution in [3.05, 3.63) is 72.3 Å². The summed E-state index contributed by atoms with van der Waals surface area (Å²) < 4.78 is 10.8. The fourth-order valence-electron chi connectivity index (χ4n) is 4.27. The molecule has 0 heterocycles. The number of amides is 2. The predicted molar refractivity (Wildman–Crippen MR) is 127 cm³/mol. The lowest BCUT2D eigenvalue weighted by Crippen LogP contribution is -2.63. The van der Waals surface area contributed by atoms with E-state index in [0.717, 1.165) is 22.3 Å². The SMILES string of the molecule is C=CCC(NC(=O)C(CC)(COC)NC(=O)OCC1c2ccccc2-c2ccccc21)C(=O)O. The van der Waals surface area contributed by atoms with Crippen LogP contribution in [0.1, 0.15) is 36.8 Å². The summed E-state index contributed by atoms with van der Waals surface area (Å²) in [5, 5.41) is 14.4. The van der Waals surface area contributed by atoms with E-state index in [1.54, 1.807) is 6.92 Å². The fourth-order valence-corrected chi connectivity index (χ4v) is 4.27. The summed E-state index contributed by atoms with van der Waals surface area (Å²) in [6.07, 6.45) is 0.824. The molecule has 2 atom stereocenters. The van der Waals surface area contributed by atoms with Crippen LogP contribution in [-0.4, -0.2) is 55.0 Å². The van der Waals surface area contributed by atoms with Crippen molar-refractivity contribution in [2.75, 3.05) is 20.3 Å². The van der Waals surface area contributed by atoms with Crippen LogP contribution >= 0.6 is 0 Å². The van der Waals surface area contributed by atoms with Gasteiger partial charge in [-0.3, -0.25) is 4.79 Å². The number of benzene rings is 2. The van der Waals surface area contributed by atoms with E-state index in [0.29, 0.717) is 0 Å². The van der Waals surface area contributed by atoms with E-state index in [2.05, 4.69) is 17.2 Å². The largest absolute Gasteiger partial charge is 0.480 e. The maximum absolute atomic E-state index is 13.0. The number of ether oxygens (including phenoxy) is 2. The van der Waals surface area contributed by atoms with E-state index in [1.807, 2.05) is 48.5 Å². The zero-order valence-electron chi connectivity index (χ0n) is 19.4. The zero-order valence-corrected chi connectivity index (χ0v) is 19.4. The van der Waals surface area contributed by atoms with Gasteiger partial charge in [0.2, 0.25) is 5.91 Å². The van der Waals surface area contributed by atoms with Crippen molar-refractivity contribution in [3.8, 4) is 11.1 Å². The van der Waals surface area contributed by atoms with Crippen LogP contribution in [0.3, 0.4) is 0 Å². The maximum atomic E-state index is 13.0. The van der Waals surface area contributed by atoms with Crippen molar-refractivity contribution in [2.24, 2.45) is 0 Å². The lowest BCUT2D eigenvalue weighted by atomic mass is 9.95. The Morgan fingerprint density at radius 3 is 2.21 bits per heavy atom. The van der Waals surface area contributed by atoms with Crippen LogP contribution in [0, 0.1) is 0 Å².